The van der Waals surface area contributed by atoms with Crippen LogP contribution in [0.25, 0.3) is 10.2 Å². The fraction of sp³-hybridized carbons (Fsp3) is 0.333. The summed E-state index contributed by atoms with van der Waals surface area (Å²) in [6, 6.07) is 1.96. The van der Waals surface area contributed by atoms with Crippen LogP contribution in [0.3, 0.4) is 0 Å². The number of anilines is 1. The van der Waals surface area contributed by atoms with Gasteiger partial charge in [0.2, 0.25) is 0 Å². The molecular formula is C15H18N4OS. The second-order valence-corrected chi connectivity index (χ2v) is 6.50. The smallest absolute Gasteiger partial charge is 0.146 e. The van der Waals surface area contributed by atoms with E-state index in [1.54, 1.807) is 23.9 Å². The quantitative estimate of drug-likeness (QED) is 0.802. The lowest BCUT2D eigenvalue weighted by atomic mass is 10.2. The number of furan rings is 1. The van der Waals surface area contributed by atoms with E-state index in [9.17, 15) is 0 Å². The van der Waals surface area contributed by atoms with Gasteiger partial charge in [0, 0.05) is 17.0 Å². The third-order valence-electron chi connectivity index (χ3n) is 3.55. The summed E-state index contributed by atoms with van der Waals surface area (Å²) in [5, 5.41) is 0.999. The Balaban J connectivity index is 1.84. The molecule has 21 heavy (non-hydrogen) atoms. The lowest BCUT2D eigenvalue weighted by Gasteiger charge is -2.14. The van der Waals surface area contributed by atoms with Crippen molar-refractivity contribution in [2.45, 2.75) is 26.9 Å². The summed E-state index contributed by atoms with van der Waals surface area (Å²) in [5.74, 6) is 1.33. The van der Waals surface area contributed by atoms with E-state index in [4.69, 9.17) is 10.2 Å². The van der Waals surface area contributed by atoms with Crippen LogP contribution in [0.15, 0.2) is 23.0 Å². The number of nitrogen functional groups attached to an aromatic ring is 1. The molecule has 110 valence electrons. The summed E-state index contributed by atoms with van der Waals surface area (Å²) < 4.78 is 5.08. The normalized spacial score (nSPS) is 11.6. The SMILES string of the molecule is Cc1sc2nc(CN(C)Cc3ccoc3)nc(N)c2c1C. The number of nitrogens with two attached hydrogens (primary N) is 1. The monoisotopic (exact) mass is 302 g/mol. The maximum atomic E-state index is 6.10. The van der Waals surface area contributed by atoms with Gasteiger partial charge < -0.3 is 10.2 Å². The van der Waals surface area contributed by atoms with E-state index in [1.807, 2.05) is 13.1 Å². The van der Waals surface area contributed by atoms with Crippen LogP contribution < -0.4 is 5.73 Å². The fourth-order valence-corrected chi connectivity index (χ4v) is 3.44. The summed E-state index contributed by atoms with van der Waals surface area (Å²) >= 11 is 1.67. The number of hydrogen-bond acceptors (Lipinski definition) is 6. The van der Waals surface area contributed by atoms with Crippen LogP contribution in [-0.2, 0) is 13.1 Å². The first-order valence-corrected chi connectivity index (χ1v) is 7.58. The molecular weight excluding hydrogens is 284 g/mol. The van der Waals surface area contributed by atoms with E-state index < -0.39 is 0 Å². The lowest BCUT2D eigenvalue weighted by molar-refractivity contribution is 0.310. The van der Waals surface area contributed by atoms with Crippen molar-refractivity contribution >= 4 is 27.4 Å². The number of thiophene rings is 1. The maximum absolute atomic E-state index is 6.10. The Bertz CT molecular complexity index is 764. The highest BCUT2D eigenvalue weighted by Crippen LogP contribution is 2.31. The van der Waals surface area contributed by atoms with Gasteiger partial charge in [0.25, 0.3) is 0 Å². The Morgan fingerprint density at radius 1 is 1.29 bits per heavy atom. The molecule has 0 spiro atoms. The molecule has 6 heteroatoms. The molecule has 3 aromatic heterocycles. The average molecular weight is 302 g/mol. The molecule has 2 N–H and O–H groups in total. The third-order valence-corrected chi connectivity index (χ3v) is 4.65. The number of aryl methyl sites for hydroxylation is 2. The summed E-state index contributed by atoms with van der Waals surface area (Å²) in [7, 11) is 2.03. The molecule has 0 aromatic carbocycles. The number of rotatable bonds is 4. The van der Waals surface area contributed by atoms with Crippen LogP contribution in [0.5, 0.6) is 0 Å². The van der Waals surface area contributed by atoms with E-state index in [0.717, 1.165) is 28.1 Å². The summed E-state index contributed by atoms with van der Waals surface area (Å²) in [6.07, 6.45) is 3.43. The largest absolute Gasteiger partial charge is 0.472 e. The van der Waals surface area contributed by atoms with Gasteiger partial charge in [0.1, 0.15) is 16.5 Å². The zero-order chi connectivity index (χ0) is 15.0. The van der Waals surface area contributed by atoms with Gasteiger partial charge >= 0.3 is 0 Å². The molecule has 0 aliphatic heterocycles. The van der Waals surface area contributed by atoms with Crippen molar-refractivity contribution in [2.24, 2.45) is 0 Å². The molecule has 0 amide bonds. The first-order chi connectivity index (χ1) is 10.0. The van der Waals surface area contributed by atoms with E-state index in [0.29, 0.717) is 12.4 Å². The van der Waals surface area contributed by atoms with Gasteiger partial charge in [-0.15, -0.1) is 11.3 Å². The van der Waals surface area contributed by atoms with Crippen LogP contribution in [0, 0.1) is 13.8 Å². The van der Waals surface area contributed by atoms with Gasteiger partial charge in [-0.2, -0.15) is 0 Å². The zero-order valence-corrected chi connectivity index (χ0v) is 13.2. The Kier molecular flexibility index (Phi) is 3.65. The van der Waals surface area contributed by atoms with E-state index in [2.05, 4.69) is 28.7 Å². The second kappa shape index (κ2) is 5.46. The minimum Gasteiger partial charge on any atom is -0.472 e. The molecule has 0 unspecified atom stereocenters. The number of hydrogen-bond donors (Lipinski definition) is 1. The van der Waals surface area contributed by atoms with Crippen molar-refractivity contribution < 1.29 is 4.42 Å². The highest BCUT2D eigenvalue weighted by Gasteiger charge is 2.13. The van der Waals surface area contributed by atoms with Gasteiger partial charge in [0.15, 0.2) is 0 Å². The number of aromatic nitrogens is 2. The molecule has 0 bridgehead atoms. The topological polar surface area (TPSA) is 68.2 Å². The molecule has 0 aliphatic carbocycles. The molecule has 0 atom stereocenters. The Hall–Kier alpha value is -1.92. The molecule has 3 heterocycles. The van der Waals surface area contributed by atoms with Gasteiger partial charge in [-0.1, -0.05) is 0 Å². The van der Waals surface area contributed by atoms with Gasteiger partial charge in [-0.3, -0.25) is 4.90 Å². The van der Waals surface area contributed by atoms with Crippen molar-refractivity contribution in [3.05, 3.63) is 40.4 Å². The average Bonchev–Trinajstić information content (AvgIpc) is 2.99. The van der Waals surface area contributed by atoms with Crippen LogP contribution in [0.1, 0.15) is 21.8 Å². The number of nitrogens with zero attached hydrogens (tertiary/aromatic N) is 3. The van der Waals surface area contributed by atoms with Crippen molar-refractivity contribution in [1.82, 2.24) is 14.9 Å². The predicted molar refractivity (Wildman–Crippen MR) is 85.2 cm³/mol. The molecule has 0 radical (unpaired) electrons. The van der Waals surface area contributed by atoms with Crippen LogP contribution >= 0.6 is 11.3 Å². The molecule has 0 aliphatic rings. The summed E-state index contributed by atoms with van der Waals surface area (Å²) in [6.45, 7) is 5.60. The Morgan fingerprint density at radius 2 is 2.10 bits per heavy atom. The molecule has 3 rings (SSSR count). The predicted octanol–water partition coefficient (Wildman–Crippen LogP) is 3.12. The van der Waals surface area contributed by atoms with Gasteiger partial charge in [-0.25, -0.2) is 9.97 Å². The minimum absolute atomic E-state index is 0.577. The summed E-state index contributed by atoms with van der Waals surface area (Å²) in [4.78, 5) is 13.5. The zero-order valence-electron chi connectivity index (χ0n) is 12.4. The third kappa shape index (κ3) is 2.77. The minimum atomic E-state index is 0.577. The Labute approximate surface area is 127 Å². The highest BCUT2D eigenvalue weighted by molar-refractivity contribution is 7.18. The number of fused-ring (bicyclic) bond motifs is 1. The van der Waals surface area contributed by atoms with Crippen LogP contribution in [0.4, 0.5) is 5.82 Å². The van der Waals surface area contributed by atoms with E-state index in [-0.39, 0.29) is 0 Å². The van der Waals surface area contributed by atoms with E-state index >= 15 is 0 Å². The van der Waals surface area contributed by atoms with Crippen molar-refractivity contribution in [2.75, 3.05) is 12.8 Å². The first kappa shape index (κ1) is 14.0. The molecule has 0 saturated heterocycles. The van der Waals surface area contributed by atoms with Gasteiger partial charge in [0.05, 0.1) is 24.5 Å². The fourth-order valence-electron chi connectivity index (χ4n) is 2.39. The first-order valence-electron chi connectivity index (χ1n) is 6.76. The van der Waals surface area contributed by atoms with Crippen molar-refractivity contribution in [1.29, 1.82) is 0 Å². The standard InChI is InChI=1S/C15H18N4OS/c1-9-10(2)21-15-13(9)14(16)17-12(18-15)7-19(3)6-11-4-5-20-8-11/h4-5,8H,6-7H2,1-3H3,(H2,16,17,18). The second-order valence-electron chi connectivity index (χ2n) is 5.29. The molecule has 5 nitrogen and oxygen atoms in total. The van der Waals surface area contributed by atoms with Crippen molar-refractivity contribution in [3.63, 3.8) is 0 Å². The maximum Gasteiger partial charge on any atom is 0.146 e. The van der Waals surface area contributed by atoms with E-state index in [1.165, 1.54) is 10.4 Å². The van der Waals surface area contributed by atoms with Gasteiger partial charge in [-0.05, 0) is 32.5 Å². The molecule has 3 aromatic rings. The Morgan fingerprint density at radius 3 is 2.81 bits per heavy atom. The van der Waals surface area contributed by atoms with Crippen molar-refractivity contribution in [3.8, 4) is 0 Å². The summed E-state index contributed by atoms with van der Waals surface area (Å²) in [5.41, 5.74) is 8.42. The lowest BCUT2D eigenvalue weighted by Crippen LogP contribution is -2.19. The molecule has 0 saturated carbocycles. The molecule has 0 fully saturated rings. The van der Waals surface area contributed by atoms with Crippen LogP contribution in [0.2, 0.25) is 0 Å². The highest BCUT2D eigenvalue weighted by atomic mass is 32.1. The van der Waals surface area contributed by atoms with Crippen LogP contribution in [-0.4, -0.2) is 21.9 Å².